The van der Waals surface area contributed by atoms with Crippen LogP contribution in [0.25, 0.3) is 12.2 Å². The minimum Gasteiger partial charge on any atom is -0.494 e. The van der Waals surface area contributed by atoms with Gasteiger partial charge in [0.15, 0.2) is 0 Å². The van der Waals surface area contributed by atoms with Gasteiger partial charge in [-0.3, -0.25) is 0 Å². The zero-order valence-corrected chi connectivity index (χ0v) is 19.0. The number of hydrogen-bond donors (Lipinski definition) is 0. The Balaban J connectivity index is 1.61. The van der Waals surface area contributed by atoms with E-state index in [-0.39, 0.29) is 0 Å². The molecule has 0 atom stereocenters. The Kier molecular flexibility index (Phi) is 6.72. The van der Waals surface area contributed by atoms with Gasteiger partial charge in [0.1, 0.15) is 5.75 Å². The number of aryl methyl sites for hydroxylation is 2. The van der Waals surface area contributed by atoms with Gasteiger partial charge in [-0.25, -0.2) is 0 Å². The molecule has 4 aromatic rings. The molecule has 0 heterocycles. The number of hydrogen-bond acceptors (Lipinski definition) is 2. The molecule has 0 spiro atoms. The average Bonchev–Trinajstić information content (AvgIpc) is 2.82. The highest BCUT2D eigenvalue weighted by atomic mass is 16.5. The number of benzene rings is 4. The maximum Gasteiger partial charge on any atom is 0.119 e. The van der Waals surface area contributed by atoms with E-state index in [4.69, 9.17) is 4.74 Å². The van der Waals surface area contributed by atoms with Gasteiger partial charge in [0.25, 0.3) is 0 Å². The molecule has 0 bridgehead atoms. The first kappa shape index (κ1) is 21.5. The first-order chi connectivity index (χ1) is 15.6. The Morgan fingerprint density at radius 1 is 0.625 bits per heavy atom. The molecule has 0 aromatic heterocycles. The molecular formula is C30H29NO. The van der Waals surface area contributed by atoms with E-state index in [2.05, 4.69) is 116 Å². The Hall–Kier alpha value is -3.78. The van der Waals surface area contributed by atoms with E-state index in [1.165, 1.54) is 11.1 Å². The molecule has 0 fully saturated rings. The Morgan fingerprint density at radius 3 is 1.66 bits per heavy atom. The third-order valence-corrected chi connectivity index (χ3v) is 5.37. The van der Waals surface area contributed by atoms with Gasteiger partial charge in [-0.2, -0.15) is 0 Å². The van der Waals surface area contributed by atoms with Gasteiger partial charge in [0.05, 0.1) is 6.61 Å². The van der Waals surface area contributed by atoms with E-state index in [0.29, 0.717) is 6.61 Å². The van der Waals surface area contributed by atoms with E-state index < -0.39 is 0 Å². The van der Waals surface area contributed by atoms with E-state index >= 15 is 0 Å². The molecule has 2 heteroatoms. The number of nitrogens with zero attached hydrogens (tertiary/aromatic N) is 1. The van der Waals surface area contributed by atoms with Crippen molar-refractivity contribution in [3.8, 4) is 5.75 Å². The lowest BCUT2D eigenvalue weighted by molar-refractivity contribution is 0.340. The zero-order valence-electron chi connectivity index (χ0n) is 19.0. The summed E-state index contributed by atoms with van der Waals surface area (Å²) in [7, 11) is 0. The largest absolute Gasteiger partial charge is 0.494 e. The van der Waals surface area contributed by atoms with Crippen LogP contribution in [-0.4, -0.2) is 6.61 Å². The van der Waals surface area contributed by atoms with Crippen LogP contribution in [-0.2, 0) is 0 Å². The topological polar surface area (TPSA) is 12.5 Å². The summed E-state index contributed by atoms with van der Waals surface area (Å²) >= 11 is 0. The predicted molar refractivity (Wildman–Crippen MR) is 137 cm³/mol. The number of anilines is 3. The van der Waals surface area contributed by atoms with E-state index in [0.717, 1.165) is 33.9 Å². The van der Waals surface area contributed by atoms with Crippen LogP contribution in [0.1, 0.15) is 29.2 Å². The van der Waals surface area contributed by atoms with Crippen LogP contribution < -0.4 is 9.64 Å². The third kappa shape index (κ3) is 5.28. The fourth-order valence-corrected chi connectivity index (χ4v) is 3.64. The third-order valence-electron chi connectivity index (χ3n) is 5.37. The van der Waals surface area contributed by atoms with Crippen LogP contribution in [0.15, 0.2) is 97.1 Å². The molecule has 0 unspecified atom stereocenters. The second-order valence-electron chi connectivity index (χ2n) is 7.94. The predicted octanol–water partition coefficient (Wildman–Crippen LogP) is 8.34. The first-order valence-corrected chi connectivity index (χ1v) is 11.1. The van der Waals surface area contributed by atoms with Crippen LogP contribution in [0.5, 0.6) is 5.75 Å². The van der Waals surface area contributed by atoms with Gasteiger partial charge >= 0.3 is 0 Å². The van der Waals surface area contributed by atoms with Crippen molar-refractivity contribution in [3.63, 3.8) is 0 Å². The SMILES string of the molecule is CCOc1cccc(/C=C/c2ccc(N(c3ccc(C)cc3)c3ccc(C)cc3)cc2)c1. The fourth-order valence-electron chi connectivity index (χ4n) is 3.64. The quantitative estimate of drug-likeness (QED) is 0.279. The number of rotatable bonds is 7. The molecule has 0 aliphatic rings. The maximum atomic E-state index is 5.60. The minimum absolute atomic E-state index is 0.674. The summed E-state index contributed by atoms with van der Waals surface area (Å²) < 4.78 is 5.60. The van der Waals surface area contributed by atoms with Crippen molar-refractivity contribution in [3.05, 3.63) is 119 Å². The van der Waals surface area contributed by atoms with Crippen molar-refractivity contribution in [2.24, 2.45) is 0 Å². The lowest BCUT2D eigenvalue weighted by atomic mass is 10.1. The molecule has 0 radical (unpaired) electrons. The lowest BCUT2D eigenvalue weighted by Gasteiger charge is -2.25. The van der Waals surface area contributed by atoms with Crippen LogP contribution in [0, 0.1) is 13.8 Å². The van der Waals surface area contributed by atoms with Crippen LogP contribution >= 0.6 is 0 Å². The molecule has 160 valence electrons. The second kappa shape index (κ2) is 10.0. The average molecular weight is 420 g/mol. The van der Waals surface area contributed by atoms with Crippen molar-refractivity contribution < 1.29 is 4.74 Å². The minimum atomic E-state index is 0.674. The van der Waals surface area contributed by atoms with Crippen molar-refractivity contribution in [2.75, 3.05) is 11.5 Å². The number of ether oxygens (including phenoxy) is 1. The van der Waals surface area contributed by atoms with Gasteiger partial charge < -0.3 is 9.64 Å². The summed E-state index contributed by atoms with van der Waals surface area (Å²) in [6, 6.07) is 34.2. The molecule has 0 N–H and O–H groups in total. The van der Waals surface area contributed by atoms with Crippen molar-refractivity contribution in [1.82, 2.24) is 0 Å². The molecule has 4 aromatic carbocycles. The van der Waals surface area contributed by atoms with Crippen molar-refractivity contribution in [1.29, 1.82) is 0 Å². The van der Waals surface area contributed by atoms with E-state index in [1.807, 2.05) is 19.1 Å². The summed E-state index contributed by atoms with van der Waals surface area (Å²) in [5, 5.41) is 0. The van der Waals surface area contributed by atoms with Gasteiger partial charge in [0.2, 0.25) is 0 Å². The molecule has 0 saturated heterocycles. The van der Waals surface area contributed by atoms with Gasteiger partial charge in [-0.15, -0.1) is 0 Å². The van der Waals surface area contributed by atoms with E-state index in [1.54, 1.807) is 0 Å². The Bertz CT molecular complexity index is 1130. The molecular weight excluding hydrogens is 390 g/mol. The molecule has 32 heavy (non-hydrogen) atoms. The fraction of sp³-hybridized carbons (Fsp3) is 0.133. The molecule has 2 nitrogen and oxygen atoms in total. The first-order valence-electron chi connectivity index (χ1n) is 11.1. The lowest BCUT2D eigenvalue weighted by Crippen LogP contribution is -2.09. The summed E-state index contributed by atoms with van der Waals surface area (Å²) in [4.78, 5) is 2.29. The van der Waals surface area contributed by atoms with E-state index in [9.17, 15) is 0 Å². The standard InChI is InChI=1S/C30H29NO/c1-4-32-30-7-5-6-26(22-30)13-12-25-14-20-29(21-15-25)31(27-16-8-23(2)9-17-27)28-18-10-24(3)11-19-28/h5-22H,4H2,1-3H3/b13-12+. The second-order valence-corrected chi connectivity index (χ2v) is 7.94. The molecule has 0 aliphatic carbocycles. The van der Waals surface area contributed by atoms with Gasteiger partial charge in [0, 0.05) is 17.1 Å². The highest BCUT2D eigenvalue weighted by Gasteiger charge is 2.12. The normalized spacial score (nSPS) is 11.0. The molecule has 4 rings (SSSR count). The Morgan fingerprint density at radius 2 is 1.12 bits per heavy atom. The molecule has 0 saturated carbocycles. The smallest absolute Gasteiger partial charge is 0.119 e. The highest BCUT2D eigenvalue weighted by molar-refractivity contribution is 5.78. The van der Waals surface area contributed by atoms with Crippen LogP contribution in [0.4, 0.5) is 17.1 Å². The summed E-state index contributed by atoms with van der Waals surface area (Å²) in [6.07, 6.45) is 4.26. The van der Waals surface area contributed by atoms with Crippen molar-refractivity contribution >= 4 is 29.2 Å². The summed E-state index contributed by atoms with van der Waals surface area (Å²) in [5.74, 6) is 0.900. The molecule has 0 aliphatic heterocycles. The summed E-state index contributed by atoms with van der Waals surface area (Å²) in [6.45, 7) is 6.91. The van der Waals surface area contributed by atoms with Crippen LogP contribution in [0.2, 0.25) is 0 Å². The zero-order chi connectivity index (χ0) is 22.3. The highest BCUT2D eigenvalue weighted by Crippen LogP contribution is 2.34. The molecule has 0 amide bonds. The summed E-state index contributed by atoms with van der Waals surface area (Å²) in [5.41, 5.74) is 8.22. The van der Waals surface area contributed by atoms with Gasteiger partial charge in [-0.05, 0) is 80.4 Å². The maximum absolute atomic E-state index is 5.60. The Labute approximate surface area is 191 Å². The van der Waals surface area contributed by atoms with Crippen LogP contribution in [0.3, 0.4) is 0 Å². The van der Waals surface area contributed by atoms with Crippen molar-refractivity contribution in [2.45, 2.75) is 20.8 Å². The monoisotopic (exact) mass is 419 g/mol. The van der Waals surface area contributed by atoms with Gasteiger partial charge in [-0.1, -0.05) is 71.8 Å².